The van der Waals surface area contributed by atoms with Gasteiger partial charge in [0.15, 0.2) is 0 Å². The first-order valence-electron chi connectivity index (χ1n) is 7.21. The van der Waals surface area contributed by atoms with Gasteiger partial charge in [-0.1, -0.05) is 26.3 Å². The quantitative estimate of drug-likeness (QED) is 0.657. The molecule has 0 aromatic rings. The van der Waals surface area contributed by atoms with Crippen LogP contribution in [0.15, 0.2) is 12.7 Å². The molecular formula is C16H25N. The second-order valence-electron chi connectivity index (χ2n) is 6.30. The molecule has 0 heterocycles. The third-order valence-electron chi connectivity index (χ3n) is 4.89. The SMILES string of the molecule is C=CC(C(C)C)C1C(C#N)CCCC1C1CC1. The minimum absolute atomic E-state index is 0.278. The van der Waals surface area contributed by atoms with E-state index in [1.165, 1.54) is 25.7 Å². The molecule has 1 nitrogen and oxygen atoms in total. The summed E-state index contributed by atoms with van der Waals surface area (Å²) >= 11 is 0. The smallest absolute Gasteiger partial charge is 0.0659 e. The van der Waals surface area contributed by atoms with Crippen LogP contribution in [0.4, 0.5) is 0 Å². The lowest BCUT2D eigenvalue weighted by Crippen LogP contribution is -2.36. The summed E-state index contributed by atoms with van der Waals surface area (Å²) in [4.78, 5) is 0. The summed E-state index contributed by atoms with van der Waals surface area (Å²) in [5, 5.41) is 9.42. The van der Waals surface area contributed by atoms with E-state index in [1.54, 1.807) is 0 Å². The fourth-order valence-corrected chi connectivity index (χ4v) is 3.91. The first-order chi connectivity index (χ1) is 8.19. The van der Waals surface area contributed by atoms with Gasteiger partial charge in [-0.25, -0.2) is 0 Å². The Hall–Kier alpha value is -0.770. The minimum atomic E-state index is 0.278. The van der Waals surface area contributed by atoms with Crippen LogP contribution in [-0.2, 0) is 0 Å². The van der Waals surface area contributed by atoms with Crippen molar-refractivity contribution in [1.82, 2.24) is 0 Å². The van der Waals surface area contributed by atoms with Crippen LogP contribution < -0.4 is 0 Å². The Morgan fingerprint density at radius 1 is 1.24 bits per heavy atom. The van der Waals surface area contributed by atoms with Crippen LogP contribution in [0, 0.1) is 46.8 Å². The fourth-order valence-electron chi connectivity index (χ4n) is 3.91. The molecule has 2 aliphatic rings. The second-order valence-corrected chi connectivity index (χ2v) is 6.30. The van der Waals surface area contributed by atoms with Gasteiger partial charge in [-0.15, -0.1) is 6.58 Å². The molecule has 0 spiro atoms. The molecule has 2 aliphatic carbocycles. The third-order valence-corrected chi connectivity index (χ3v) is 4.89. The summed E-state index contributed by atoms with van der Waals surface area (Å²) in [6.45, 7) is 8.59. The highest BCUT2D eigenvalue weighted by Gasteiger charge is 2.45. The van der Waals surface area contributed by atoms with Crippen molar-refractivity contribution in [3.8, 4) is 6.07 Å². The summed E-state index contributed by atoms with van der Waals surface area (Å²) < 4.78 is 0. The van der Waals surface area contributed by atoms with Crippen molar-refractivity contribution in [2.75, 3.05) is 0 Å². The maximum atomic E-state index is 9.42. The number of allylic oxidation sites excluding steroid dienone is 1. The predicted molar refractivity (Wildman–Crippen MR) is 71.2 cm³/mol. The van der Waals surface area contributed by atoms with E-state index in [-0.39, 0.29) is 5.92 Å². The zero-order valence-corrected chi connectivity index (χ0v) is 11.2. The topological polar surface area (TPSA) is 23.8 Å². The van der Waals surface area contributed by atoms with Gasteiger partial charge in [0.1, 0.15) is 0 Å². The van der Waals surface area contributed by atoms with Crippen molar-refractivity contribution in [2.24, 2.45) is 35.5 Å². The lowest BCUT2D eigenvalue weighted by Gasteiger charge is -2.41. The third kappa shape index (κ3) is 2.57. The Kier molecular flexibility index (Phi) is 3.92. The van der Waals surface area contributed by atoms with Gasteiger partial charge in [-0.2, -0.15) is 5.26 Å². The number of hydrogen-bond acceptors (Lipinski definition) is 1. The molecule has 2 fully saturated rings. The molecule has 0 bridgehead atoms. The molecule has 2 saturated carbocycles. The van der Waals surface area contributed by atoms with Gasteiger partial charge >= 0.3 is 0 Å². The standard InChI is InChI=1S/C16H25N/c1-4-14(11(2)3)16-13(10-17)6-5-7-15(16)12-8-9-12/h4,11-16H,1,5-9H2,2-3H3. The van der Waals surface area contributed by atoms with Crippen molar-refractivity contribution in [3.63, 3.8) is 0 Å². The number of hydrogen-bond donors (Lipinski definition) is 0. The van der Waals surface area contributed by atoms with Crippen molar-refractivity contribution in [1.29, 1.82) is 5.26 Å². The summed E-state index contributed by atoms with van der Waals surface area (Å²) in [5.74, 6) is 3.74. The van der Waals surface area contributed by atoms with Gasteiger partial charge in [0.25, 0.3) is 0 Å². The second kappa shape index (κ2) is 5.25. The van der Waals surface area contributed by atoms with Crippen LogP contribution >= 0.6 is 0 Å². The molecule has 94 valence electrons. The Labute approximate surface area is 106 Å². The van der Waals surface area contributed by atoms with E-state index in [0.29, 0.717) is 17.8 Å². The molecule has 0 aliphatic heterocycles. The molecule has 0 saturated heterocycles. The van der Waals surface area contributed by atoms with Crippen LogP contribution in [0.2, 0.25) is 0 Å². The number of nitriles is 1. The van der Waals surface area contributed by atoms with Crippen LogP contribution in [-0.4, -0.2) is 0 Å². The van der Waals surface area contributed by atoms with Gasteiger partial charge in [-0.05, 0) is 55.3 Å². The fraction of sp³-hybridized carbons (Fsp3) is 0.812. The highest BCUT2D eigenvalue weighted by molar-refractivity contribution is 5.04. The minimum Gasteiger partial charge on any atom is -0.198 e. The summed E-state index contributed by atoms with van der Waals surface area (Å²) in [7, 11) is 0. The maximum Gasteiger partial charge on any atom is 0.0659 e. The average molecular weight is 231 g/mol. The van der Waals surface area contributed by atoms with Crippen LogP contribution in [0.1, 0.15) is 46.0 Å². The van der Waals surface area contributed by atoms with Crippen molar-refractivity contribution < 1.29 is 0 Å². The Morgan fingerprint density at radius 2 is 1.94 bits per heavy atom. The lowest BCUT2D eigenvalue weighted by atomic mass is 9.63. The van der Waals surface area contributed by atoms with E-state index in [9.17, 15) is 5.26 Å². The van der Waals surface area contributed by atoms with E-state index in [0.717, 1.165) is 18.3 Å². The Balaban J connectivity index is 2.20. The highest BCUT2D eigenvalue weighted by Crippen LogP contribution is 2.52. The van der Waals surface area contributed by atoms with Crippen LogP contribution in [0.3, 0.4) is 0 Å². The van der Waals surface area contributed by atoms with E-state index >= 15 is 0 Å². The van der Waals surface area contributed by atoms with Crippen molar-refractivity contribution in [2.45, 2.75) is 46.0 Å². The molecule has 0 aromatic carbocycles. The van der Waals surface area contributed by atoms with Crippen LogP contribution in [0.25, 0.3) is 0 Å². The lowest BCUT2D eigenvalue weighted by molar-refractivity contribution is 0.103. The molecule has 4 unspecified atom stereocenters. The van der Waals surface area contributed by atoms with Crippen LogP contribution in [0.5, 0.6) is 0 Å². The first-order valence-corrected chi connectivity index (χ1v) is 7.21. The number of rotatable bonds is 4. The zero-order valence-electron chi connectivity index (χ0n) is 11.2. The first kappa shape index (κ1) is 12.7. The largest absolute Gasteiger partial charge is 0.198 e. The van der Waals surface area contributed by atoms with E-state index in [4.69, 9.17) is 0 Å². The Morgan fingerprint density at radius 3 is 2.41 bits per heavy atom. The van der Waals surface area contributed by atoms with E-state index in [2.05, 4.69) is 32.6 Å². The van der Waals surface area contributed by atoms with Gasteiger partial charge in [-0.3, -0.25) is 0 Å². The maximum absolute atomic E-state index is 9.42. The highest BCUT2D eigenvalue weighted by atomic mass is 14.5. The van der Waals surface area contributed by atoms with Gasteiger partial charge in [0.2, 0.25) is 0 Å². The predicted octanol–water partition coefficient (Wildman–Crippen LogP) is 4.41. The van der Waals surface area contributed by atoms with Gasteiger partial charge in [0, 0.05) is 5.92 Å². The molecule has 0 aromatic heterocycles. The zero-order chi connectivity index (χ0) is 12.4. The molecule has 1 heteroatoms. The van der Waals surface area contributed by atoms with Gasteiger partial charge in [0.05, 0.1) is 6.07 Å². The van der Waals surface area contributed by atoms with E-state index in [1.807, 2.05) is 0 Å². The molecule has 17 heavy (non-hydrogen) atoms. The average Bonchev–Trinajstić information content (AvgIpc) is 3.13. The van der Waals surface area contributed by atoms with Gasteiger partial charge < -0.3 is 0 Å². The normalized spacial score (nSPS) is 35.3. The van der Waals surface area contributed by atoms with Crippen molar-refractivity contribution in [3.05, 3.63) is 12.7 Å². The summed E-state index contributed by atoms with van der Waals surface area (Å²) in [6.07, 6.45) is 8.66. The summed E-state index contributed by atoms with van der Waals surface area (Å²) in [6, 6.07) is 2.59. The molecular weight excluding hydrogens is 206 g/mol. The van der Waals surface area contributed by atoms with Crippen molar-refractivity contribution >= 4 is 0 Å². The molecule has 4 atom stereocenters. The molecule has 0 amide bonds. The number of nitrogens with zero attached hydrogens (tertiary/aromatic N) is 1. The molecule has 2 rings (SSSR count). The Bertz CT molecular complexity index is 308. The molecule has 0 N–H and O–H groups in total. The van der Waals surface area contributed by atoms with E-state index < -0.39 is 0 Å². The monoisotopic (exact) mass is 231 g/mol. The summed E-state index contributed by atoms with van der Waals surface area (Å²) in [5.41, 5.74) is 0. The molecule has 0 radical (unpaired) electrons.